The van der Waals surface area contributed by atoms with Crippen molar-refractivity contribution < 1.29 is 14.7 Å². The fraction of sp³-hybridized carbons (Fsp3) is 0.400. The molecule has 1 rings (SSSR count). The largest absolute Gasteiger partial charge is 0.478 e. The molecule has 0 spiro atoms. The maximum atomic E-state index is 11.2. The topological polar surface area (TPSA) is 92.2 Å². The third-order valence-corrected chi connectivity index (χ3v) is 1.90. The first kappa shape index (κ1) is 12.1. The summed E-state index contributed by atoms with van der Waals surface area (Å²) in [4.78, 5) is 29.4. The van der Waals surface area contributed by atoms with Gasteiger partial charge in [-0.15, -0.1) is 0 Å². The van der Waals surface area contributed by atoms with Crippen LogP contribution < -0.4 is 5.32 Å². The van der Waals surface area contributed by atoms with Gasteiger partial charge < -0.3 is 10.4 Å². The Balaban J connectivity index is 2.56. The highest BCUT2D eigenvalue weighted by Gasteiger charge is 2.08. The van der Waals surface area contributed by atoms with Gasteiger partial charge in [0.15, 0.2) is 0 Å². The molecule has 2 N–H and O–H groups in total. The van der Waals surface area contributed by atoms with Gasteiger partial charge in [-0.1, -0.05) is 13.8 Å². The standard InChI is InChI=1S/C10H13N3O3/c1-6(2)9(14)13-5-8-11-3-7(4-12-8)10(15)16/h3-4,6H,5H2,1-2H3,(H,13,14)(H,15,16). The van der Waals surface area contributed by atoms with Crippen molar-refractivity contribution >= 4 is 11.9 Å². The molecule has 16 heavy (non-hydrogen) atoms. The van der Waals surface area contributed by atoms with E-state index in [0.29, 0.717) is 5.82 Å². The van der Waals surface area contributed by atoms with Crippen LogP contribution in [-0.4, -0.2) is 27.0 Å². The monoisotopic (exact) mass is 223 g/mol. The van der Waals surface area contributed by atoms with E-state index in [4.69, 9.17) is 5.11 Å². The van der Waals surface area contributed by atoms with Crippen LogP contribution in [0, 0.1) is 5.92 Å². The molecule has 1 aromatic heterocycles. The number of carbonyl (C=O) groups is 2. The van der Waals surface area contributed by atoms with Gasteiger partial charge in [-0.3, -0.25) is 4.79 Å². The molecule has 0 aromatic carbocycles. The van der Waals surface area contributed by atoms with E-state index >= 15 is 0 Å². The van der Waals surface area contributed by atoms with Gasteiger partial charge in [0.05, 0.1) is 12.1 Å². The number of hydrogen-bond acceptors (Lipinski definition) is 4. The molecule has 1 amide bonds. The Morgan fingerprint density at radius 3 is 2.38 bits per heavy atom. The number of rotatable bonds is 4. The minimum absolute atomic E-state index is 0.0268. The van der Waals surface area contributed by atoms with Crippen LogP contribution in [0.2, 0.25) is 0 Å². The summed E-state index contributed by atoms with van der Waals surface area (Å²) in [5, 5.41) is 11.3. The SMILES string of the molecule is CC(C)C(=O)NCc1ncc(C(=O)O)cn1. The highest BCUT2D eigenvalue weighted by atomic mass is 16.4. The predicted molar refractivity (Wildman–Crippen MR) is 55.7 cm³/mol. The van der Waals surface area contributed by atoms with E-state index in [1.807, 2.05) is 0 Å². The molecule has 6 heteroatoms. The molecule has 1 heterocycles. The van der Waals surface area contributed by atoms with Crippen LogP contribution in [-0.2, 0) is 11.3 Å². The third-order valence-electron chi connectivity index (χ3n) is 1.90. The Labute approximate surface area is 92.7 Å². The molecular weight excluding hydrogens is 210 g/mol. The Morgan fingerprint density at radius 1 is 1.38 bits per heavy atom. The van der Waals surface area contributed by atoms with Gasteiger partial charge in [-0.2, -0.15) is 0 Å². The molecule has 0 saturated heterocycles. The summed E-state index contributed by atoms with van der Waals surface area (Å²) in [7, 11) is 0. The van der Waals surface area contributed by atoms with Crippen LogP contribution in [0.4, 0.5) is 0 Å². The summed E-state index contributed by atoms with van der Waals surface area (Å²) in [6.45, 7) is 3.77. The lowest BCUT2D eigenvalue weighted by Gasteiger charge is -2.06. The smallest absolute Gasteiger partial charge is 0.338 e. The van der Waals surface area contributed by atoms with Gasteiger partial charge in [0.1, 0.15) is 5.82 Å². The number of nitrogens with one attached hydrogen (secondary N) is 1. The van der Waals surface area contributed by atoms with Crippen molar-refractivity contribution in [2.45, 2.75) is 20.4 Å². The first-order valence-corrected chi connectivity index (χ1v) is 4.82. The van der Waals surface area contributed by atoms with E-state index in [0.717, 1.165) is 0 Å². The van der Waals surface area contributed by atoms with Crippen molar-refractivity contribution in [1.82, 2.24) is 15.3 Å². The lowest BCUT2D eigenvalue weighted by Crippen LogP contribution is -2.27. The first-order valence-electron chi connectivity index (χ1n) is 4.82. The second-order valence-electron chi connectivity index (χ2n) is 3.57. The summed E-state index contributed by atoms with van der Waals surface area (Å²) < 4.78 is 0. The maximum Gasteiger partial charge on any atom is 0.338 e. The summed E-state index contributed by atoms with van der Waals surface area (Å²) in [6.07, 6.45) is 2.43. The zero-order chi connectivity index (χ0) is 12.1. The average Bonchev–Trinajstić information content (AvgIpc) is 2.26. The van der Waals surface area contributed by atoms with Crippen molar-refractivity contribution in [3.63, 3.8) is 0 Å². The van der Waals surface area contributed by atoms with E-state index in [1.54, 1.807) is 13.8 Å². The van der Waals surface area contributed by atoms with E-state index < -0.39 is 5.97 Å². The van der Waals surface area contributed by atoms with Crippen molar-refractivity contribution in [3.8, 4) is 0 Å². The number of carboxylic acid groups (broad SMARTS) is 1. The second-order valence-corrected chi connectivity index (χ2v) is 3.57. The number of carboxylic acids is 1. The normalized spacial score (nSPS) is 10.2. The third kappa shape index (κ3) is 3.30. The fourth-order valence-corrected chi connectivity index (χ4v) is 0.927. The van der Waals surface area contributed by atoms with Crippen molar-refractivity contribution in [3.05, 3.63) is 23.8 Å². The summed E-state index contributed by atoms with van der Waals surface area (Å²) in [5.41, 5.74) is 0.0268. The summed E-state index contributed by atoms with van der Waals surface area (Å²) in [5.74, 6) is -0.874. The summed E-state index contributed by atoms with van der Waals surface area (Å²) >= 11 is 0. The first-order chi connectivity index (χ1) is 7.50. The zero-order valence-electron chi connectivity index (χ0n) is 9.10. The quantitative estimate of drug-likeness (QED) is 0.773. The van der Waals surface area contributed by atoms with Gasteiger partial charge >= 0.3 is 5.97 Å². The molecule has 0 atom stereocenters. The van der Waals surface area contributed by atoms with E-state index in [1.165, 1.54) is 12.4 Å². The predicted octanol–water partition coefficient (Wildman–Crippen LogP) is 0.447. The second kappa shape index (κ2) is 5.20. The van der Waals surface area contributed by atoms with Crippen molar-refractivity contribution in [2.24, 2.45) is 5.92 Å². The molecule has 0 aliphatic rings. The molecule has 0 aliphatic carbocycles. The van der Waals surface area contributed by atoms with Crippen LogP contribution in [0.25, 0.3) is 0 Å². The molecule has 0 fully saturated rings. The van der Waals surface area contributed by atoms with Crippen LogP contribution in [0.1, 0.15) is 30.0 Å². The van der Waals surface area contributed by atoms with Crippen LogP contribution in [0.15, 0.2) is 12.4 Å². The lowest BCUT2D eigenvalue weighted by atomic mass is 10.2. The Kier molecular flexibility index (Phi) is 3.93. The van der Waals surface area contributed by atoms with Gasteiger partial charge in [-0.25, -0.2) is 14.8 Å². The van der Waals surface area contributed by atoms with E-state index in [-0.39, 0.29) is 23.9 Å². The number of hydrogen-bond donors (Lipinski definition) is 2. The minimum Gasteiger partial charge on any atom is -0.478 e. The van der Waals surface area contributed by atoms with Crippen LogP contribution in [0.5, 0.6) is 0 Å². The van der Waals surface area contributed by atoms with Crippen molar-refractivity contribution in [1.29, 1.82) is 0 Å². The number of aromatic nitrogens is 2. The van der Waals surface area contributed by atoms with Crippen molar-refractivity contribution in [2.75, 3.05) is 0 Å². The number of aromatic carboxylic acids is 1. The number of nitrogens with zero attached hydrogens (tertiary/aromatic N) is 2. The fourth-order valence-electron chi connectivity index (χ4n) is 0.927. The lowest BCUT2D eigenvalue weighted by molar-refractivity contribution is -0.124. The zero-order valence-corrected chi connectivity index (χ0v) is 9.10. The van der Waals surface area contributed by atoms with Gasteiger partial charge in [0.25, 0.3) is 0 Å². The molecule has 0 unspecified atom stereocenters. The van der Waals surface area contributed by atoms with E-state index in [2.05, 4.69) is 15.3 Å². The Bertz CT molecular complexity index is 387. The molecule has 86 valence electrons. The van der Waals surface area contributed by atoms with Crippen LogP contribution >= 0.6 is 0 Å². The van der Waals surface area contributed by atoms with Crippen LogP contribution in [0.3, 0.4) is 0 Å². The number of amides is 1. The maximum absolute atomic E-state index is 11.2. The highest BCUT2D eigenvalue weighted by Crippen LogP contribution is 1.97. The van der Waals surface area contributed by atoms with Gasteiger partial charge in [0.2, 0.25) is 5.91 Å². The Morgan fingerprint density at radius 2 is 1.94 bits per heavy atom. The molecule has 0 saturated carbocycles. The molecule has 0 radical (unpaired) electrons. The molecule has 0 aliphatic heterocycles. The number of carbonyl (C=O) groups excluding carboxylic acids is 1. The highest BCUT2D eigenvalue weighted by molar-refractivity contribution is 5.86. The van der Waals surface area contributed by atoms with Gasteiger partial charge in [-0.05, 0) is 0 Å². The minimum atomic E-state index is -1.07. The molecular formula is C10H13N3O3. The molecule has 1 aromatic rings. The molecule has 0 bridgehead atoms. The summed E-state index contributed by atoms with van der Waals surface area (Å²) in [6, 6.07) is 0. The average molecular weight is 223 g/mol. The van der Waals surface area contributed by atoms with E-state index in [9.17, 15) is 9.59 Å². The molecule has 6 nitrogen and oxygen atoms in total. The Hall–Kier alpha value is -1.98. The van der Waals surface area contributed by atoms with Gasteiger partial charge in [0, 0.05) is 18.3 Å².